The van der Waals surface area contributed by atoms with Crippen molar-refractivity contribution in [3.8, 4) is 0 Å². The normalized spacial score (nSPS) is 20.4. The van der Waals surface area contributed by atoms with Crippen LogP contribution in [-0.2, 0) is 9.59 Å². The molecule has 2 rings (SSSR count). The second-order valence-corrected chi connectivity index (χ2v) is 6.44. The first kappa shape index (κ1) is 15.0. The first-order valence-corrected chi connectivity index (χ1v) is 7.48. The molecule has 0 saturated heterocycles. The van der Waals surface area contributed by atoms with E-state index in [0.29, 0.717) is 5.92 Å². The Kier molecular flexibility index (Phi) is 4.48. The van der Waals surface area contributed by atoms with E-state index < -0.39 is 0 Å². The molecule has 0 aromatic heterocycles. The molecule has 1 aromatic carbocycles. The number of likely N-dealkylation sites (N-methyl/N-ethyl adjacent to an activating group) is 1. The van der Waals surface area contributed by atoms with Crippen LogP contribution in [0.25, 0.3) is 0 Å². The molecule has 108 valence electrons. The summed E-state index contributed by atoms with van der Waals surface area (Å²) in [6.45, 7) is 4.08. The van der Waals surface area contributed by atoms with Gasteiger partial charge in [-0.25, -0.2) is 0 Å². The molecule has 2 amide bonds. The third-order valence-electron chi connectivity index (χ3n) is 3.65. The van der Waals surface area contributed by atoms with E-state index in [9.17, 15) is 9.59 Å². The van der Waals surface area contributed by atoms with Crippen molar-refractivity contribution in [3.63, 3.8) is 0 Å². The van der Waals surface area contributed by atoms with Gasteiger partial charge in [0, 0.05) is 23.1 Å². The van der Waals surface area contributed by atoms with E-state index in [1.54, 1.807) is 7.05 Å². The first-order valence-electron chi connectivity index (χ1n) is 6.69. The van der Waals surface area contributed by atoms with Gasteiger partial charge in [0.1, 0.15) is 0 Å². The lowest BCUT2D eigenvalue weighted by Crippen LogP contribution is -2.36. The standard InChI is InChI=1S/C15H19BrN2O2/c1-9-7-12(9)15(20)18(3)8-14(19)17-13-5-4-11(16)6-10(13)2/h4-6,9,12H,7-8H2,1-3H3,(H,17,19). The number of nitrogens with one attached hydrogen (secondary N) is 1. The molecule has 5 heteroatoms. The Balaban J connectivity index is 1.90. The predicted octanol–water partition coefficient (Wildman–Crippen LogP) is 2.81. The van der Waals surface area contributed by atoms with Crippen LogP contribution in [0.3, 0.4) is 0 Å². The van der Waals surface area contributed by atoms with Crippen molar-refractivity contribution in [3.05, 3.63) is 28.2 Å². The minimum absolute atomic E-state index is 0.0696. The fraction of sp³-hybridized carbons (Fsp3) is 0.467. The lowest BCUT2D eigenvalue weighted by molar-refractivity contribution is -0.134. The molecule has 1 fully saturated rings. The number of carbonyl (C=O) groups excluding carboxylic acids is 2. The number of aryl methyl sites for hydroxylation is 1. The fourth-order valence-electron chi connectivity index (χ4n) is 2.20. The van der Waals surface area contributed by atoms with E-state index in [1.165, 1.54) is 4.90 Å². The Hall–Kier alpha value is -1.36. The molecule has 4 nitrogen and oxygen atoms in total. The molecule has 0 spiro atoms. The smallest absolute Gasteiger partial charge is 0.243 e. The number of amides is 2. The second-order valence-electron chi connectivity index (χ2n) is 5.52. The lowest BCUT2D eigenvalue weighted by atomic mass is 10.2. The number of hydrogen-bond acceptors (Lipinski definition) is 2. The third kappa shape index (κ3) is 3.60. The van der Waals surface area contributed by atoms with Gasteiger partial charge in [0.05, 0.1) is 6.54 Å². The summed E-state index contributed by atoms with van der Waals surface area (Å²) in [6.07, 6.45) is 0.941. The van der Waals surface area contributed by atoms with E-state index in [0.717, 1.165) is 22.1 Å². The van der Waals surface area contributed by atoms with E-state index >= 15 is 0 Å². The maximum absolute atomic E-state index is 12.0. The van der Waals surface area contributed by atoms with Crippen molar-refractivity contribution in [2.24, 2.45) is 11.8 Å². The van der Waals surface area contributed by atoms with Crippen molar-refractivity contribution in [1.82, 2.24) is 4.90 Å². The minimum atomic E-state index is -0.167. The molecule has 0 bridgehead atoms. The van der Waals surface area contributed by atoms with Crippen LogP contribution >= 0.6 is 15.9 Å². The molecule has 0 heterocycles. The van der Waals surface area contributed by atoms with Crippen molar-refractivity contribution >= 4 is 33.4 Å². The van der Waals surface area contributed by atoms with Crippen LogP contribution in [0.1, 0.15) is 18.9 Å². The number of halogens is 1. The quantitative estimate of drug-likeness (QED) is 0.917. The number of benzene rings is 1. The molecule has 1 aliphatic rings. The summed E-state index contributed by atoms with van der Waals surface area (Å²) >= 11 is 3.38. The van der Waals surface area contributed by atoms with Gasteiger partial charge in [-0.15, -0.1) is 0 Å². The SMILES string of the molecule is Cc1cc(Br)ccc1NC(=O)CN(C)C(=O)C1CC1C. The first-order chi connectivity index (χ1) is 9.38. The zero-order valence-corrected chi connectivity index (χ0v) is 13.5. The molecule has 0 aliphatic heterocycles. The molecule has 2 atom stereocenters. The van der Waals surface area contributed by atoms with Crippen LogP contribution in [0.5, 0.6) is 0 Å². The van der Waals surface area contributed by atoms with Gasteiger partial charge >= 0.3 is 0 Å². The number of nitrogens with zero attached hydrogens (tertiary/aromatic N) is 1. The highest BCUT2D eigenvalue weighted by Crippen LogP contribution is 2.38. The number of hydrogen-bond donors (Lipinski definition) is 1. The predicted molar refractivity (Wildman–Crippen MR) is 82.4 cm³/mol. The lowest BCUT2D eigenvalue weighted by Gasteiger charge is -2.17. The van der Waals surface area contributed by atoms with Gasteiger partial charge < -0.3 is 10.2 Å². The van der Waals surface area contributed by atoms with Crippen LogP contribution in [0.15, 0.2) is 22.7 Å². The molecule has 1 saturated carbocycles. The topological polar surface area (TPSA) is 49.4 Å². The number of anilines is 1. The number of carbonyl (C=O) groups is 2. The third-order valence-corrected chi connectivity index (χ3v) is 4.14. The molecule has 20 heavy (non-hydrogen) atoms. The maximum Gasteiger partial charge on any atom is 0.243 e. The van der Waals surface area contributed by atoms with E-state index in [-0.39, 0.29) is 24.3 Å². The molecule has 0 radical (unpaired) electrons. The van der Waals surface area contributed by atoms with Gasteiger partial charge in [-0.05, 0) is 43.0 Å². The zero-order chi connectivity index (χ0) is 14.9. The molecule has 1 aliphatic carbocycles. The molecule has 1 N–H and O–H groups in total. The highest BCUT2D eigenvalue weighted by molar-refractivity contribution is 9.10. The maximum atomic E-state index is 12.0. The average Bonchev–Trinajstić information content (AvgIpc) is 3.09. The van der Waals surface area contributed by atoms with Crippen LogP contribution in [-0.4, -0.2) is 30.3 Å². The summed E-state index contributed by atoms with van der Waals surface area (Å²) in [6, 6.07) is 5.67. The monoisotopic (exact) mass is 338 g/mol. The Morgan fingerprint density at radius 3 is 2.65 bits per heavy atom. The molecule has 1 aromatic rings. The Bertz CT molecular complexity index is 545. The van der Waals surface area contributed by atoms with Crippen molar-refractivity contribution < 1.29 is 9.59 Å². The highest BCUT2D eigenvalue weighted by Gasteiger charge is 2.40. The van der Waals surface area contributed by atoms with Crippen LogP contribution in [0, 0.1) is 18.8 Å². The van der Waals surface area contributed by atoms with E-state index in [1.807, 2.05) is 25.1 Å². The summed E-state index contributed by atoms with van der Waals surface area (Å²) in [4.78, 5) is 25.4. The zero-order valence-electron chi connectivity index (χ0n) is 11.9. The van der Waals surface area contributed by atoms with E-state index in [4.69, 9.17) is 0 Å². The van der Waals surface area contributed by atoms with Gasteiger partial charge in [-0.1, -0.05) is 22.9 Å². The molecular weight excluding hydrogens is 320 g/mol. The van der Waals surface area contributed by atoms with Crippen molar-refractivity contribution in [2.45, 2.75) is 20.3 Å². The van der Waals surface area contributed by atoms with Gasteiger partial charge in [-0.2, -0.15) is 0 Å². The molecule has 2 unspecified atom stereocenters. The van der Waals surface area contributed by atoms with Gasteiger partial charge in [0.15, 0.2) is 0 Å². The average molecular weight is 339 g/mol. The Labute approximate surface area is 127 Å². The summed E-state index contributed by atoms with van der Waals surface area (Å²) < 4.78 is 0.975. The summed E-state index contributed by atoms with van der Waals surface area (Å²) in [5, 5.41) is 2.84. The van der Waals surface area contributed by atoms with Crippen molar-refractivity contribution in [1.29, 1.82) is 0 Å². The van der Waals surface area contributed by atoms with Crippen LogP contribution < -0.4 is 5.32 Å². The highest BCUT2D eigenvalue weighted by atomic mass is 79.9. The van der Waals surface area contributed by atoms with Gasteiger partial charge in [0.2, 0.25) is 11.8 Å². The van der Waals surface area contributed by atoms with Gasteiger partial charge in [0.25, 0.3) is 0 Å². The Morgan fingerprint density at radius 2 is 2.10 bits per heavy atom. The largest absolute Gasteiger partial charge is 0.336 e. The summed E-state index contributed by atoms with van der Waals surface area (Å²) in [5.41, 5.74) is 1.76. The van der Waals surface area contributed by atoms with Crippen LogP contribution in [0.2, 0.25) is 0 Å². The second kappa shape index (κ2) is 5.95. The van der Waals surface area contributed by atoms with E-state index in [2.05, 4.69) is 28.2 Å². The molecular formula is C15H19BrN2O2. The summed E-state index contributed by atoms with van der Waals surface area (Å²) in [5.74, 6) is 0.476. The Morgan fingerprint density at radius 1 is 1.45 bits per heavy atom. The van der Waals surface area contributed by atoms with Gasteiger partial charge in [-0.3, -0.25) is 9.59 Å². The summed E-state index contributed by atoms with van der Waals surface area (Å²) in [7, 11) is 1.68. The van der Waals surface area contributed by atoms with Crippen LogP contribution in [0.4, 0.5) is 5.69 Å². The minimum Gasteiger partial charge on any atom is -0.336 e. The number of rotatable bonds is 4. The van der Waals surface area contributed by atoms with Crippen molar-refractivity contribution in [2.75, 3.05) is 18.9 Å². The fourth-order valence-corrected chi connectivity index (χ4v) is 2.68.